The molecule has 3 aromatic carbocycles. The van der Waals surface area contributed by atoms with Crippen LogP contribution in [0.2, 0.25) is 0 Å². The maximum atomic E-state index is 14.1. The lowest BCUT2D eigenvalue weighted by atomic mass is 9.96. The van der Waals surface area contributed by atoms with Crippen LogP contribution in [0.25, 0.3) is 43.6 Å². The number of phenols is 1. The van der Waals surface area contributed by atoms with Gasteiger partial charge in [0, 0.05) is 27.1 Å². The molecular formula is C29H28N4O10. The van der Waals surface area contributed by atoms with Crippen molar-refractivity contribution in [1.29, 1.82) is 0 Å². The number of carbonyl (C=O) groups is 2. The summed E-state index contributed by atoms with van der Waals surface area (Å²) in [5.41, 5.74) is 3.93. The molecule has 0 radical (unpaired) electrons. The molecule has 2 aromatic heterocycles. The Kier molecular flexibility index (Phi) is 6.42. The largest absolute Gasteiger partial charge is 0.506 e. The average Bonchev–Trinajstić information content (AvgIpc) is 3.64. The van der Waals surface area contributed by atoms with Gasteiger partial charge in [-0.2, -0.15) is 0 Å². The van der Waals surface area contributed by atoms with Crippen LogP contribution in [0.15, 0.2) is 42.5 Å². The monoisotopic (exact) mass is 592 g/mol. The topological polar surface area (TPSA) is 221 Å². The predicted molar refractivity (Wildman–Crippen MR) is 151 cm³/mol. The standard InChI is InChI=1S/C29H28N4O10/c34-8-11(9-35)31-33-27(41)19-17-12-4-1-2-6-14(12)30-21(17)23-18(20(19)28(33)42)13-5-3-7-15(37)22(13)32(23)29-26(40)25(39)24(38)16(10-36)43-29/h1-7,11,16,24-26,29-31,34-40H,8-10H2/t16-,24-,25+,26-,29-/m1/s1. The van der Waals surface area contributed by atoms with E-state index in [9.17, 15) is 45.3 Å². The van der Waals surface area contributed by atoms with Crippen molar-refractivity contribution in [3.8, 4) is 5.75 Å². The van der Waals surface area contributed by atoms with Gasteiger partial charge in [-0.1, -0.05) is 30.3 Å². The van der Waals surface area contributed by atoms with Gasteiger partial charge in [-0.15, -0.1) is 0 Å². The number of aromatic nitrogens is 2. The van der Waals surface area contributed by atoms with Crippen LogP contribution in [-0.2, 0) is 4.74 Å². The maximum Gasteiger partial charge on any atom is 0.276 e. The third-order valence-corrected chi connectivity index (χ3v) is 8.40. The number of H-pyrrole nitrogens is 1. The van der Waals surface area contributed by atoms with Gasteiger partial charge in [-0.3, -0.25) is 9.59 Å². The number of hydrogen-bond donors (Lipinski definition) is 9. The summed E-state index contributed by atoms with van der Waals surface area (Å²) >= 11 is 0. The molecule has 14 nitrogen and oxygen atoms in total. The molecule has 4 heterocycles. The Balaban J connectivity index is 1.65. The number of phenolic OH excluding ortho intramolecular Hbond substituents is 1. The Labute approximate surface area is 241 Å². The number of carbonyl (C=O) groups excluding carboxylic acids is 2. The summed E-state index contributed by atoms with van der Waals surface area (Å²) < 4.78 is 7.34. The molecule has 0 saturated carbocycles. The number of hydrogen-bond acceptors (Lipinski definition) is 11. The molecule has 7 rings (SSSR count). The average molecular weight is 593 g/mol. The van der Waals surface area contributed by atoms with E-state index in [1.54, 1.807) is 36.4 Å². The molecule has 5 aromatic rings. The predicted octanol–water partition coefficient (Wildman–Crippen LogP) is -0.439. The summed E-state index contributed by atoms with van der Waals surface area (Å²) in [5.74, 6) is -1.77. The van der Waals surface area contributed by atoms with Crippen molar-refractivity contribution in [3.63, 3.8) is 0 Å². The number of rotatable bonds is 6. The molecule has 9 N–H and O–H groups in total. The van der Waals surface area contributed by atoms with E-state index in [0.717, 1.165) is 5.01 Å². The number of para-hydroxylation sites is 2. The van der Waals surface area contributed by atoms with Crippen LogP contribution in [0.1, 0.15) is 26.9 Å². The number of benzene rings is 3. The zero-order valence-corrected chi connectivity index (χ0v) is 22.4. The van der Waals surface area contributed by atoms with Crippen molar-refractivity contribution in [2.75, 3.05) is 19.8 Å². The minimum absolute atomic E-state index is 0.0293. The Morgan fingerprint density at radius 3 is 2.21 bits per heavy atom. The second kappa shape index (κ2) is 9.97. The van der Waals surface area contributed by atoms with Crippen molar-refractivity contribution < 1.29 is 50.1 Å². The highest BCUT2D eigenvalue weighted by atomic mass is 16.6. The summed E-state index contributed by atoms with van der Waals surface area (Å²) in [6.07, 6.45) is -7.86. The number of aliphatic hydroxyl groups is 6. The van der Waals surface area contributed by atoms with Crippen molar-refractivity contribution >= 4 is 55.4 Å². The minimum Gasteiger partial charge on any atom is -0.506 e. The van der Waals surface area contributed by atoms with Gasteiger partial charge >= 0.3 is 0 Å². The van der Waals surface area contributed by atoms with E-state index < -0.39 is 68.3 Å². The van der Waals surface area contributed by atoms with Gasteiger partial charge in [0.2, 0.25) is 0 Å². The van der Waals surface area contributed by atoms with E-state index in [4.69, 9.17) is 4.74 Å². The zero-order chi connectivity index (χ0) is 30.3. The number of amides is 2. The van der Waals surface area contributed by atoms with Crippen LogP contribution in [0, 0.1) is 0 Å². The first-order valence-electron chi connectivity index (χ1n) is 13.6. The molecule has 2 aliphatic heterocycles. The van der Waals surface area contributed by atoms with E-state index in [0.29, 0.717) is 27.2 Å². The highest BCUT2D eigenvalue weighted by Crippen LogP contribution is 2.48. The first kappa shape index (κ1) is 27.7. The number of fused-ring (bicyclic) bond motifs is 10. The molecule has 224 valence electrons. The van der Waals surface area contributed by atoms with E-state index >= 15 is 0 Å². The van der Waals surface area contributed by atoms with Crippen LogP contribution in [0.3, 0.4) is 0 Å². The van der Waals surface area contributed by atoms with Crippen molar-refractivity contribution in [1.82, 2.24) is 20.0 Å². The number of imide groups is 1. The van der Waals surface area contributed by atoms with E-state index in [2.05, 4.69) is 10.4 Å². The summed E-state index contributed by atoms with van der Waals surface area (Å²) in [6.45, 7) is -1.82. The number of aromatic hydroxyl groups is 1. The Morgan fingerprint density at radius 2 is 1.51 bits per heavy atom. The molecule has 0 unspecified atom stereocenters. The molecule has 0 spiro atoms. The third-order valence-electron chi connectivity index (χ3n) is 8.40. The molecule has 43 heavy (non-hydrogen) atoms. The quantitative estimate of drug-likeness (QED) is 0.115. The summed E-state index contributed by atoms with van der Waals surface area (Å²) in [7, 11) is 0. The van der Waals surface area contributed by atoms with Crippen molar-refractivity contribution in [3.05, 3.63) is 53.6 Å². The summed E-state index contributed by atoms with van der Waals surface area (Å²) in [4.78, 5) is 31.3. The molecule has 0 bridgehead atoms. The van der Waals surface area contributed by atoms with E-state index in [1.807, 2.05) is 0 Å². The first-order valence-corrected chi connectivity index (χ1v) is 13.6. The highest BCUT2D eigenvalue weighted by Gasteiger charge is 2.47. The molecule has 2 amide bonds. The van der Waals surface area contributed by atoms with Gasteiger partial charge in [0.25, 0.3) is 11.8 Å². The van der Waals surface area contributed by atoms with Gasteiger partial charge in [-0.25, -0.2) is 10.4 Å². The third kappa shape index (κ3) is 3.70. The zero-order valence-electron chi connectivity index (χ0n) is 22.4. The molecule has 2 aliphatic rings. The fraction of sp³-hybridized carbons (Fsp3) is 0.310. The Bertz CT molecular complexity index is 1940. The van der Waals surface area contributed by atoms with E-state index in [-0.39, 0.29) is 33.3 Å². The minimum atomic E-state index is -1.74. The highest BCUT2D eigenvalue weighted by molar-refractivity contribution is 6.39. The van der Waals surface area contributed by atoms with Crippen LogP contribution in [0.5, 0.6) is 5.75 Å². The molecule has 0 aliphatic carbocycles. The second-order valence-corrected chi connectivity index (χ2v) is 10.8. The normalized spacial score (nSPS) is 24.4. The number of ether oxygens (including phenoxy) is 1. The maximum absolute atomic E-state index is 14.1. The van der Waals surface area contributed by atoms with Gasteiger partial charge in [0.05, 0.1) is 53.5 Å². The van der Waals surface area contributed by atoms with E-state index in [1.165, 1.54) is 10.6 Å². The summed E-state index contributed by atoms with van der Waals surface area (Å²) in [5, 5.41) is 74.9. The first-order chi connectivity index (χ1) is 20.7. The van der Waals surface area contributed by atoms with Crippen LogP contribution in [0.4, 0.5) is 0 Å². The van der Waals surface area contributed by atoms with Gasteiger partial charge in [-0.05, 0) is 12.1 Å². The lowest BCUT2D eigenvalue weighted by Gasteiger charge is -2.41. The summed E-state index contributed by atoms with van der Waals surface area (Å²) in [6, 6.07) is 10.6. The molecule has 1 saturated heterocycles. The SMILES string of the molecule is O=C1c2c(c3c4cccc(O)c4n([C@@H]4O[C@H](CO)[C@@H](O)[C@H](O)[C@H]4O)c3c3[nH]c4ccccc4c23)C(=O)N1NC(CO)CO. The Hall–Kier alpha value is -4.12. The molecular weight excluding hydrogens is 564 g/mol. The lowest BCUT2D eigenvalue weighted by molar-refractivity contribution is -0.249. The van der Waals surface area contributed by atoms with Crippen molar-refractivity contribution in [2.24, 2.45) is 0 Å². The lowest BCUT2D eigenvalue weighted by Crippen LogP contribution is -2.56. The van der Waals surface area contributed by atoms with Crippen LogP contribution < -0.4 is 5.43 Å². The van der Waals surface area contributed by atoms with Crippen LogP contribution >= 0.6 is 0 Å². The number of nitrogens with one attached hydrogen (secondary N) is 2. The van der Waals surface area contributed by atoms with Crippen LogP contribution in [-0.4, -0.2) is 112 Å². The van der Waals surface area contributed by atoms with Gasteiger partial charge in [0.15, 0.2) is 6.23 Å². The Morgan fingerprint density at radius 1 is 0.837 bits per heavy atom. The number of aromatic amines is 1. The molecule has 14 heteroatoms. The number of aliphatic hydroxyl groups excluding tert-OH is 6. The molecule has 1 fully saturated rings. The number of nitrogens with zero attached hydrogens (tertiary/aromatic N) is 2. The van der Waals surface area contributed by atoms with Crippen molar-refractivity contribution in [2.45, 2.75) is 36.7 Å². The second-order valence-electron chi connectivity index (χ2n) is 10.8. The fourth-order valence-electron chi connectivity index (χ4n) is 6.41. The molecule has 5 atom stereocenters. The smallest absolute Gasteiger partial charge is 0.276 e. The van der Waals surface area contributed by atoms with Gasteiger partial charge in [0.1, 0.15) is 30.2 Å². The number of hydrazine groups is 1. The fourth-order valence-corrected chi connectivity index (χ4v) is 6.41. The van der Waals surface area contributed by atoms with Gasteiger partial charge < -0.3 is 50.0 Å².